The Hall–Kier alpha value is -1.68. The van der Waals surface area contributed by atoms with E-state index >= 15 is 0 Å². The van der Waals surface area contributed by atoms with E-state index < -0.39 is 5.54 Å². The SMILES string of the molecule is CC(C)(C)N1CCC2(CC1)N=C(c1ccccc1)NC2=O. The molecule has 4 nitrogen and oxygen atoms in total. The lowest BCUT2D eigenvalue weighted by Crippen LogP contribution is -2.53. The number of carbonyl (C=O) groups is 1. The van der Waals surface area contributed by atoms with Crippen molar-refractivity contribution in [3.05, 3.63) is 35.9 Å². The van der Waals surface area contributed by atoms with Crippen molar-refractivity contribution in [1.29, 1.82) is 0 Å². The van der Waals surface area contributed by atoms with E-state index in [2.05, 4.69) is 31.0 Å². The van der Waals surface area contributed by atoms with Crippen molar-refractivity contribution < 1.29 is 4.79 Å². The second-order valence-electron chi connectivity index (χ2n) is 6.97. The molecule has 2 aliphatic heterocycles. The zero-order valence-electron chi connectivity index (χ0n) is 13.0. The molecule has 0 atom stereocenters. The number of aliphatic imine (C=N–C) groups is 1. The zero-order chi connectivity index (χ0) is 15.1. The van der Waals surface area contributed by atoms with Gasteiger partial charge in [0.1, 0.15) is 11.4 Å². The van der Waals surface area contributed by atoms with Gasteiger partial charge in [0.15, 0.2) is 0 Å². The molecule has 0 unspecified atom stereocenters. The lowest BCUT2D eigenvalue weighted by molar-refractivity contribution is -0.125. The summed E-state index contributed by atoms with van der Waals surface area (Å²) in [5.74, 6) is 0.791. The molecule has 2 aliphatic rings. The van der Waals surface area contributed by atoms with Gasteiger partial charge in [0.2, 0.25) is 0 Å². The van der Waals surface area contributed by atoms with E-state index in [0.29, 0.717) is 0 Å². The Balaban J connectivity index is 1.80. The first-order valence-electron chi connectivity index (χ1n) is 7.63. The largest absolute Gasteiger partial charge is 0.308 e. The summed E-state index contributed by atoms with van der Waals surface area (Å²) < 4.78 is 0. The maximum absolute atomic E-state index is 12.4. The summed E-state index contributed by atoms with van der Waals surface area (Å²) in [7, 11) is 0. The highest BCUT2D eigenvalue weighted by molar-refractivity contribution is 6.15. The van der Waals surface area contributed by atoms with Gasteiger partial charge in [0.25, 0.3) is 5.91 Å². The lowest BCUT2D eigenvalue weighted by Gasteiger charge is -2.42. The normalized spacial score (nSPS) is 22.2. The van der Waals surface area contributed by atoms with Gasteiger partial charge in [0.05, 0.1) is 0 Å². The van der Waals surface area contributed by atoms with Crippen LogP contribution >= 0.6 is 0 Å². The van der Waals surface area contributed by atoms with Crippen LogP contribution in [-0.4, -0.2) is 40.8 Å². The number of amidine groups is 1. The van der Waals surface area contributed by atoms with Crippen molar-refractivity contribution in [2.45, 2.75) is 44.7 Å². The van der Waals surface area contributed by atoms with Crippen molar-refractivity contribution in [2.75, 3.05) is 13.1 Å². The third kappa shape index (κ3) is 2.60. The van der Waals surface area contributed by atoms with Crippen LogP contribution in [0.2, 0.25) is 0 Å². The Bertz CT molecular complexity index is 563. The number of amides is 1. The first-order chi connectivity index (χ1) is 9.91. The van der Waals surface area contributed by atoms with Crippen molar-refractivity contribution in [3.63, 3.8) is 0 Å². The highest BCUT2D eigenvalue weighted by Gasteiger charge is 2.46. The van der Waals surface area contributed by atoms with Crippen LogP contribution in [0.1, 0.15) is 39.2 Å². The van der Waals surface area contributed by atoms with Gasteiger partial charge in [-0.2, -0.15) is 0 Å². The van der Waals surface area contributed by atoms with E-state index in [0.717, 1.165) is 37.3 Å². The van der Waals surface area contributed by atoms with Crippen molar-refractivity contribution in [2.24, 2.45) is 4.99 Å². The van der Waals surface area contributed by atoms with E-state index in [9.17, 15) is 4.79 Å². The Labute approximate surface area is 126 Å². The summed E-state index contributed by atoms with van der Waals surface area (Å²) in [5, 5.41) is 2.98. The van der Waals surface area contributed by atoms with Gasteiger partial charge < -0.3 is 5.32 Å². The standard InChI is InChI=1S/C17H23N3O/c1-16(2,3)20-11-9-17(10-12-20)15(21)18-14(19-17)13-7-5-4-6-8-13/h4-8H,9-12H2,1-3H3,(H,18,19,21). The Morgan fingerprint density at radius 2 is 1.76 bits per heavy atom. The summed E-state index contributed by atoms with van der Waals surface area (Å²) in [6, 6.07) is 9.89. The number of likely N-dealkylation sites (tertiary alicyclic amines) is 1. The van der Waals surface area contributed by atoms with Crippen LogP contribution < -0.4 is 5.32 Å². The zero-order valence-corrected chi connectivity index (χ0v) is 13.0. The molecule has 0 radical (unpaired) electrons. The molecule has 1 fully saturated rings. The molecule has 1 amide bonds. The molecular formula is C17H23N3O. The molecule has 1 aromatic rings. The molecule has 0 aliphatic carbocycles. The van der Waals surface area contributed by atoms with E-state index in [1.54, 1.807) is 0 Å². The van der Waals surface area contributed by atoms with Gasteiger partial charge in [-0.3, -0.25) is 14.7 Å². The molecule has 0 saturated carbocycles. The summed E-state index contributed by atoms with van der Waals surface area (Å²) in [6.07, 6.45) is 1.60. The molecule has 0 aromatic heterocycles. The van der Waals surface area contributed by atoms with Gasteiger partial charge in [-0.1, -0.05) is 30.3 Å². The minimum absolute atomic E-state index is 0.0647. The van der Waals surface area contributed by atoms with Crippen LogP contribution in [0.25, 0.3) is 0 Å². The predicted molar refractivity (Wildman–Crippen MR) is 84.4 cm³/mol. The number of carbonyl (C=O) groups excluding carboxylic acids is 1. The minimum Gasteiger partial charge on any atom is -0.308 e. The Morgan fingerprint density at radius 3 is 2.33 bits per heavy atom. The molecule has 4 heteroatoms. The van der Waals surface area contributed by atoms with Gasteiger partial charge in [-0.25, -0.2) is 0 Å². The number of hydrogen-bond donors (Lipinski definition) is 1. The van der Waals surface area contributed by atoms with Gasteiger partial charge in [0, 0.05) is 24.2 Å². The number of piperidine rings is 1. The number of nitrogens with zero attached hydrogens (tertiary/aromatic N) is 2. The molecular weight excluding hydrogens is 262 g/mol. The molecule has 3 rings (SSSR count). The maximum Gasteiger partial charge on any atom is 0.253 e. The highest BCUT2D eigenvalue weighted by atomic mass is 16.2. The first kappa shape index (κ1) is 14.3. The van der Waals surface area contributed by atoms with Crippen molar-refractivity contribution >= 4 is 11.7 Å². The average Bonchev–Trinajstić information content (AvgIpc) is 2.77. The van der Waals surface area contributed by atoms with Gasteiger partial charge in [-0.05, 0) is 33.6 Å². The Kier molecular flexibility index (Phi) is 3.36. The van der Waals surface area contributed by atoms with E-state index in [1.807, 2.05) is 30.3 Å². The predicted octanol–water partition coefficient (Wildman–Crippen LogP) is 2.20. The fraction of sp³-hybridized carbons (Fsp3) is 0.529. The monoisotopic (exact) mass is 285 g/mol. The molecule has 1 spiro atoms. The van der Waals surface area contributed by atoms with Crippen molar-refractivity contribution in [3.8, 4) is 0 Å². The number of nitrogens with one attached hydrogen (secondary N) is 1. The molecule has 0 bridgehead atoms. The molecule has 1 saturated heterocycles. The molecule has 21 heavy (non-hydrogen) atoms. The van der Waals surface area contributed by atoms with Crippen LogP contribution in [-0.2, 0) is 4.79 Å². The smallest absolute Gasteiger partial charge is 0.253 e. The van der Waals surface area contributed by atoms with E-state index in [4.69, 9.17) is 4.99 Å². The lowest BCUT2D eigenvalue weighted by atomic mass is 9.86. The quantitative estimate of drug-likeness (QED) is 0.859. The van der Waals surface area contributed by atoms with Crippen LogP contribution in [0.15, 0.2) is 35.3 Å². The van der Waals surface area contributed by atoms with E-state index in [-0.39, 0.29) is 11.4 Å². The van der Waals surface area contributed by atoms with Gasteiger partial charge >= 0.3 is 0 Å². The minimum atomic E-state index is -0.549. The average molecular weight is 285 g/mol. The van der Waals surface area contributed by atoms with Crippen molar-refractivity contribution in [1.82, 2.24) is 10.2 Å². The summed E-state index contributed by atoms with van der Waals surface area (Å²) in [5.41, 5.74) is 0.594. The van der Waals surface area contributed by atoms with Crippen LogP contribution in [0.5, 0.6) is 0 Å². The number of benzene rings is 1. The fourth-order valence-corrected chi connectivity index (χ4v) is 3.14. The second kappa shape index (κ2) is 4.95. The third-order valence-corrected chi connectivity index (χ3v) is 4.57. The summed E-state index contributed by atoms with van der Waals surface area (Å²) >= 11 is 0. The summed E-state index contributed by atoms with van der Waals surface area (Å²) in [4.78, 5) is 19.7. The molecule has 2 heterocycles. The molecule has 112 valence electrons. The van der Waals surface area contributed by atoms with E-state index in [1.165, 1.54) is 0 Å². The molecule has 1 aromatic carbocycles. The number of hydrogen-bond acceptors (Lipinski definition) is 3. The fourth-order valence-electron chi connectivity index (χ4n) is 3.14. The third-order valence-electron chi connectivity index (χ3n) is 4.57. The van der Waals surface area contributed by atoms with Crippen LogP contribution in [0.3, 0.4) is 0 Å². The number of rotatable bonds is 1. The topological polar surface area (TPSA) is 44.7 Å². The summed E-state index contributed by atoms with van der Waals surface area (Å²) in [6.45, 7) is 8.50. The molecule has 1 N–H and O–H groups in total. The van der Waals surface area contributed by atoms with Crippen LogP contribution in [0.4, 0.5) is 0 Å². The van der Waals surface area contributed by atoms with Crippen LogP contribution in [0, 0.1) is 0 Å². The second-order valence-corrected chi connectivity index (χ2v) is 6.97. The van der Waals surface area contributed by atoms with Gasteiger partial charge in [-0.15, -0.1) is 0 Å². The highest BCUT2D eigenvalue weighted by Crippen LogP contribution is 2.33. The first-order valence-corrected chi connectivity index (χ1v) is 7.63. The Morgan fingerprint density at radius 1 is 1.14 bits per heavy atom. The maximum atomic E-state index is 12.4.